The van der Waals surface area contributed by atoms with Crippen molar-refractivity contribution in [2.24, 2.45) is 0 Å². The van der Waals surface area contributed by atoms with E-state index < -0.39 is 10.0 Å². The van der Waals surface area contributed by atoms with Crippen molar-refractivity contribution in [3.63, 3.8) is 0 Å². The summed E-state index contributed by atoms with van der Waals surface area (Å²) in [4.78, 5) is 15.2. The summed E-state index contributed by atoms with van der Waals surface area (Å²) in [7, 11) is -0.725. The van der Waals surface area contributed by atoms with E-state index in [4.69, 9.17) is 9.47 Å². The molecule has 0 atom stereocenters. The number of piperidine rings is 1. The molecule has 2 N–H and O–H groups in total. The van der Waals surface area contributed by atoms with Crippen LogP contribution in [0.4, 0.5) is 0 Å². The number of benzene rings is 2. The molecule has 0 saturated carbocycles. The fourth-order valence-electron chi connectivity index (χ4n) is 3.98. The monoisotopic (exact) mass is 475 g/mol. The first-order valence-corrected chi connectivity index (χ1v) is 12.6. The molecule has 1 fully saturated rings. The molecular weight excluding hydrogens is 442 g/mol. The molecule has 8 nitrogen and oxygen atoms in total. The van der Waals surface area contributed by atoms with Crippen LogP contribution in [0.25, 0.3) is 0 Å². The molecule has 0 unspecified atom stereocenters. The minimum absolute atomic E-state index is 0.0300. The van der Waals surface area contributed by atoms with Crippen LogP contribution in [0.5, 0.6) is 11.5 Å². The van der Waals surface area contributed by atoms with Gasteiger partial charge in [0.1, 0.15) is 16.4 Å². The number of methoxy groups -OCH3 is 2. The average Bonchev–Trinajstić information content (AvgIpc) is 2.79. The van der Waals surface area contributed by atoms with Crippen LogP contribution in [-0.2, 0) is 16.6 Å². The van der Waals surface area contributed by atoms with Gasteiger partial charge in [0.2, 0.25) is 10.0 Å². The Morgan fingerprint density at radius 1 is 1.06 bits per heavy atom. The van der Waals surface area contributed by atoms with Gasteiger partial charge in [-0.3, -0.25) is 9.69 Å². The number of para-hydroxylation sites is 1. The second kappa shape index (κ2) is 11.0. The third kappa shape index (κ3) is 6.46. The van der Waals surface area contributed by atoms with Gasteiger partial charge in [0.15, 0.2) is 0 Å². The zero-order valence-corrected chi connectivity index (χ0v) is 20.4. The molecular formula is C24H33N3O5S. The molecule has 9 heteroatoms. The SMILES string of the molecule is COc1ccccc1CN1CCC(NC(=O)c2ccc(OC)c(S(=O)(=O)NC(C)C)c2)CC1. The average molecular weight is 476 g/mol. The van der Waals surface area contributed by atoms with E-state index in [1.54, 1.807) is 27.0 Å². The lowest BCUT2D eigenvalue weighted by Crippen LogP contribution is -2.44. The highest BCUT2D eigenvalue weighted by Gasteiger charge is 2.25. The Kier molecular flexibility index (Phi) is 8.34. The second-order valence-electron chi connectivity index (χ2n) is 8.48. The standard InChI is InChI=1S/C24H33N3O5S/c1-17(2)26-33(29,30)23-15-18(9-10-22(23)32-4)24(28)25-20-11-13-27(14-12-20)16-19-7-5-6-8-21(19)31-3/h5-10,15,17,20,26H,11-14,16H2,1-4H3,(H,25,28). The molecule has 0 bridgehead atoms. The van der Waals surface area contributed by atoms with E-state index in [1.165, 1.54) is 19.2 Å². The number of nitrogens with one attached hydrogen (secondary N) is 2. The molecule has 1 aliphatic heterocycles. The Morgan fingerprint density at radius 3 is 2.36 bits per heavy atom. The summed E-state index contributed by atoms with van der Waals surface area (Å²) in [5.41, 5.74) is 1.43. The van der Waals surface area contributed by atoms with Crippen LogP contribution in [0.15, 0.2) is 47.4 Å². The highest BCUT2D eigenvalue weighted by molar-refractivity contribution is 7.89. The van der Waals surface area contributed by atoms with Gasteiger partial charge < -0.3 is 14.8 Å². The lowest BCUT2D eigenvalue weighted by atomic mass is 10.0. The summed E-state index contributed by atoms with van der Waals surface area (Å²) in [6, 6.07) is 12.2. The quantitative estimate of drug-likeness (QED) is 0.579. The lowest BCUT2D eigenvalue weighted by molar-refractivity contribution is 0.0908. The van der Waals surface area contributed by atoms with Gasteiger partial charge >= 0.3 is 0 Å². The first-order valence-electron chi connectivity index (χ1n) is 11.1. The molecule has 2 aromatic rings. The van der Waals surface area contributed by atoms with Gasteiger partial charge in [-0.15, -0.1) is 0 Å². The first-order chi connectivity index (χ1) is 15.7. The number of carbonyl (C=O) groups is 1. The molecule has 1 amide bonds. The van der Waals surface area contributed by atoms with E-state index in [2.05, 4.69) is 21.0 Å². The molecule has 0 aromatic heterocycles. The van der Waals surface area contributed by atoms with Crippen molar-refractivity contribution in [2.75, 3.05) is 27.3 Å². The third-order valence-electron chi connectivity index (χ3n) is 5.62. The Labute approximate surface area is 196 Å². The largest absolute Gasteiger partial charge is 0.496 e. The highest BCUT2D eigenvalue weighted by atomic mass is 32.2. The van der Waals surface area contributed by atoms with Gasteiger partial charge in [-0.25, -0.2) is 13.1 Å². The van der Waals surface area contributed by atoms with Gasteiger partial charge in [-0.05, 0) is 51.0 Å². The molecule has 1 aliphatic rings. The minimum Gasteiger partial charge on any atom is -0.496 e. The molecule has 33 heavy (non-hydrogen) atoms. The fraction of sp³-hybridized carbons (Fsp3) is 0.458. The smallest absolute Gasteiger partial charge is 0.251 e. The Morgan fingerprint density at radius 2 is 1.73 bits per heavy atom. The lowest BCUT2D eigenvalue weighted by Gasteiger charge is -2.32. The van der Waals surface area contributed by atoms with Crippen molar-refractivity contribution < 1.29 is 22.7 Å². The van der Waals surface area contributed by atoms with Crippen LogP contribution in [0, 0.1) is 0 Å². The number of ether oxygens (including phenoxy) is 2. The maximum atomic E-state index is 12.9. The van der Waals surface area contributed by atoms with Crippen molar-refractivity contribution in [1.82, 2.24) is 14.9 Å². The number of sulfonamides is 1. The van der Waals surface area contributed by atoms with E-state index in [0.717, 1.165) is 43.8 Å². The summed E-state index contributed by atoms with van der Waals surface area (Å²) in [5, 5.41) is 3.05. The number of hydrogen-bond acceptors (Lipinski definition) is 6. The predicted octanol–water partition coefficient (Wildman–Crippen LogP) is 2.78. The van der Waals surface area contributed by atoms with Gasteiger partial charge in [-0.1, -0.05) is 18.2 Å². The topological polar surface area (TPSA) is 97.0 Å². The first kappa shape index (κ1) is 25.0. The molecule has 180 valence electrons. The van der Waals surface area contributed by atoms with Gasteiger partial charge in [-0.2, -0.15) is 0 Å². The van der Waals surface area contributed by atoms with Crippen molar-refractivity contribution in [1.29, 1.82) is 0 Å². The zero-order chi connectivity index (χ0) is 24.0. The summed E-state index contributed by atoms with van der Waals surface area (Å²) in [5.74, 6) is 0.788. The van der Waals surface area contributed by atoms with Crippen molar-refractivity contribution in [2.45, 2.75) is 50.2 Å². The molecule has 1 saturated heterocycles. The zero-order valence-electron chi connectivity index (χ0n) is 19.6. The van der Waals surface area contributed by atoms with Crippen LogP contribution < -0.4 is 19.5 Å². The van der Waals surface area contributed by atoms with Crippen molar-refractivity contribution >= 4 is 15.9 Å². The van der Waals surface area contributed by atoms with E-state index in [1.807, 2.05) is 18.2 Å². The van der Waals surface area contributed by atoms with E-state index in [0.29, 0.717) is 0 Å². The number of amides is 1. The molecule has 1 heterocycles. The Hall–Kier alpha value is -2.62. The van der Waals surface area contributed by atoms with Crippen molar-refractivity contribution in [3.05, 3.63) is 53.6 Å². The van der Waals surface area contributed by atoms with Crippen LogP contribution in [0.2, 0.25) is 0 Å². The third-order valence-corrected chi connectivity index (χ3v) is 7.30. The predicted molar refractivity (Wildman–Crippen MR) is 127 cm³/mol. The molecule has 2 aromatic carbocycles. The molecule has 0 spiro atoms. The van der Waals surface area contributed by atoms with Crippen molar-refractivity contribution in [3.8, 4) is 11.5 Å². The molecule has 3 rings (SSSR count). The summed E-state index contributed by atoms with van der Waals surface area (Å²) in [6.07, 6.45) is 1.63. The van der Waals surface area contributed by atoms with Gasteiger partial charge in [0, 0.05) is 42.8 Å². The van der Waals surface area contributed by atoms with Gasteiger partial charge in [0.25, 0.3) is 5.91 Å². The van der Waals surface area contributed by atoms with Crippen LogP contribution in [0.1, 0.15) is 42.6 Å². The molecule has 0 radical (unpaired) electrons. The maximum Gasteiger partial charge on any atom is 0.251 e. The number of rotatable bonds is 9. The second-order valence-corrected chi connectivity index (χ2v) is 10.2. The van der Waals surface area contributed by atoms with Crippen LogP contribution >= 0.6 is 0 Å². The molecule has 0 aliphatic carbocycles. The number of likely N-dealkylation sites (tertiary alicyclic amines) is 1. The summed E-state index contributed by atoms with van der Waals surface area (Å²) in [6.45, 7) is 5.97. The minimum atomic E-state index is -3.81. The normalized spacial score (nSPS) is 15.4. The van der Waals surface area contributed by atoms with E-state index in [-0.39, 0.29) is 34.2 Å². The van der Waals surface area contributed by atoms with E-state index >= 15 is 0 Å². The van der Waals surface area contributed by atoms with Crippen LogP contribution in [-0.4, -0.2) is 58.6 Å². The number of hydrogen-bond donors (Lipinski definition) is 2. The van der Waals surface area contributed by atoms with E-state index in [9.17, 15) is 13.2 Å². The number of carbonyl (C=O) groups excluding carboxylic acids is 1. The number of nitrogens with zero attached hydrogens (tertiary/aromatic N) is 1. The fourth-order valence-corrected chi connectivity index (χ4v) is 5.43. The Bertz CT molecular complexity index is 1060. The van der Waals surface area contributed by atoms with Gasteiger partial charge in [0.05, 0.1) is 14.2 Å². The summed E-state index contributed by atoms with van der Waals surface area (Å²) < 4.78 is 38.6. The maximum absolute atomic E-state index is 12.9. The Balaban J connectivity index is 1.62. The summed E-state index contributed by atoms with van der Waals surface area (Å²) >= 11 is 0. The van der Waals surface area contributed by atoms with Crippen LogP contribution in [0.3, 0.4) is 0 Å². The highest BCUT2D eigenvalue weighted by Crippen LogP contribution is 2.26.